The van der Waals surface area contributed by atoms with E-state index in [1.54, 1.807) is 0 Å². The van der Waals surface area contributed by atoms with Gasteiger partial charge in [0, 0.05) is 6.04 Å². The van der Waals surface area contributed by atoms with E-state index in [1.807, 2.05) is 0 Å². The van der Waals surface area contributed by atoms with Gasteiger partial charge in [0.1, 0.15) is 0 Å². The Morgan fingerprint density at radius 1 is 0.633 bits per heavy atom. The molecular weight excluding hydrogens is 368 g/mol. The molecule has 0 radical (unpaired) electrons. The average molecular weight is 425 g/mol. The SMILES string of the molecule is CCCCCCCCCCCCCCCCC(C(N)=O)C(CC)N(CCC)CCC. The summed E-state index contributed by atoms with van der Waals surface area (Å²) in [5.41, 5.74) is 5.83. The highest BCUT2D eigenvalue weighted by Gasteiger charge is 2.29. The van der Waals surface area contributed by atoms with Crippen LogP contribution in [0.4, 0.5) is 0 Å². The molecule has 0 aliphatic carbocycles. The number of unbranched alkanes of at least 4 members (excludes halogenated alkanes) is 13. The molecule has 30 heavy (non-hydrogen) atoms. The van der Waals surface area contributed by atoms with E-state index in [4.69, 9.17) is 5.73 Å². The Balaban J connectivity index is 3.89. The molecule has 0 spiro atoms. The van der Waals surface area contributed by atoms with Crippen molar-refractivity contribution in [2.45, 2.75) is 149 Å². The zero-order valence-corrected chi connectivity index (χ0v) is 21.2. The highest BCUT2D eigenvalue weighted by Crippen LogP contribution is 2.23. The normalized spacial score (nSPS) is 13.6. The number of amides is 1. The first-order chi connectivity index (χ1) is 14.6. The van der Waals surface area contributed by atoms with Gasteiger partial charge < -0.3 is 5.73 Å². The van der Waals surface area contributed by atoms with Gasteiger partial charge in [0.15, 0.2) is 0 Å². The second kappa shape index (κ2) is 21.7. The summed E-state index contributed by atoms with van der Waals surface area (Å²) in [6.45, 7) is 11.1. The van der Waals surface area contributed by atoms with Crippen LogP contribution in [-0.4, -0.2) is 29.9 Å². The summed E-state index contributed by atoms with van der Waals surface area (Å²) >= 11 is 0. The van der Waals surface area contributed by atoms with Crippen molar-refractivity contribution in [3.8, 4) is 0 Å². The first-order valence-electron chi connectivity index (χ1n) is 13.7. The topological polar surface area (TPSA) is 46.3 Å². The van der Waals surface area contributed by atoms with E-state index >= 15 is 0 Å². The number of hydrogen-bond donors (Lipinski definition) is 1. The molecule has 0 rings (SSSR count). The molecule has 0 aromatic rings. The second-order valence-corrected chi connectivity index (χ2v) is 9.41. The van der Waals surface area contributed by atoms with E-state index in [0.717, 1.165) is 45.2 Å². The number of nitrogens with zero attached hydrogens (tertiary/aromatic N) is 1. The van der Waals surface area contributed by atoms with Gasteiger partial charge >= 0.3 is 0 Å². The predicted molar refractivity (Wildman–Crippen MR) is 134 cm³/mol. The van der Waals surface area contributed by atoms with Gasteiger partial charge in [-0.25, -0.2) is 0 Å². The molecule has 1 amide bonds. The van der Waals surface area contributed by atoms with E-state index in [2.05, 4.69) is 32.6 Å². The third-order valence-corrected chi connectivity index (χ3v) is 6.61. The van der Waals surface area contributed by atoms with Gasteiger partial charge in [-0.1, -0.05) is 118 Å². The second-order valence-electron chi connectivity index (χ2n) is 9.41. The molecule has 0 saturated carbocycles. The van der Waals surface area contributed by atoms with Crippen LogP contribution in [0.25, 0.3) is 0 Å². The van der Waals surface area contributed by atoms with E-state index < -0.39 is 0 Å². The molecule has 0 saturated heterocycles. The quantitative estimate of drug-likeness (QED) is 0.170. The molecule has 3 nitrogen and oxygen atoms in total. The van der Waals surface area contributed by atoms with Gasteiger partial charge in [0.2, 0.25) is 5.91 Å². The van der Waals surface area contributed by atoms with Gasteiger partial charge in [0.05, 0.1) is 5.92 Å². The molecule has 2 unspecified atom stereocenters. The van der Waals surface area contributed by atoms with Gasteiger partial charge in [-0.15, -0.1) is 0 Å². The predicted octanol–water partition coefficient (Wildman–Crippen LogP) is 7.86. The summed E-state index contributed by atoms with van der Waals surface area (Å²) in [5, 5.41) is 0. The smallest absolute Gasteiger partial charge is 0.222 e. The number of nitrogens with two attached hydrogens (primary N) is 1. The fourth-order valence-electron chi connectivity index (χ4n) is 4.90. The maximum atomic E-state index is 12.2. The molecule has 0 aromatic carbocycles. The molecule has 0 heterocycles. The van der Waals surface area contributed by atoms with Crippen molar-refractivity contribution >= 4 is 5.91 Å². The van der Waals surface area contributed by atoms with Crippen LogP contribution < -0.4 is 5.73 Å². The molecule has 0 aromatic heterocycles. The van der Waals surface area contributed by atoms with E-state index in [1.165, 1.54) is 83.5 Å². The average Bonchev–Trinajstić information content (AvgIpc) is 2.73. The summed E-state index contributed by atoms with van der Waals surface area (Å²) < 4.78 is 0. The van der Waals surface area contributed by atoms with Crippen LogP contribution in [0.2, 0.25) is 0 Å². The van der Waals surface area contributed by atoms with Crippen molar-refractivity contribution in [2.75, 3.05) is 13.1 Å². The Hall–Kier alpha value is -0.570. The molecule has 3 heteroatoms. The van der Waals surface area contributed by atoms with Gasteiger partial charge in [-0.05, 0) is 38.8 Å². The number of carbonyl (C=O) groups excluding carboxylic acids is 1. The van der Waals surface area contributed by atoms with E-state index in [-0.39, 0.29) is 11.8 Å². The lowest BCUT2D eigenvalue weighted by Crippen LogP contribution is -2.46. The number of carbonyl (C=O) groups is 1. The van der Waals surface area contributed by atoms with Gasteiger partial charge in [-0.3, -0.25) is 9.69 Å². The lowest BCUT2D eigenvalue weighted by atomic mass is 9.89. The zero-order valence-electron chi connectivity index (χ0n) is 21.2. The minimum atomic E-state index is -0.0891. The first-order valence-corrected chi connectivity index (χ1v) is 13.7. The van der Waals surface area contributed by atoms with Crippen molar-refractivity contribution in [3.63, 3.8) is 0 Å². The van der Waals surface area contributed by atoms with Crippen molar-refractivity contribution in [2.24, 2.45) is 11.7 Å². The lowest BCUT2D eigenvalue weighted by Gasteiger charge is -2.35. The Kier molecular flexibility index (Phi) is 21.2. The Morgan fingerprint density at radius 3 is 1.37 bits per heavy atom. The van der Waals surface area contributed by atoms with Crippen molar-refractivity contribution in [1.29, 1.82) is 0 Å². The first kappa shape index (κ1) is 29.4. The number of hydrogen-bond acceptors (Lipinski definition) is 2. The summed E-state index contributed by atoms with van der Waals surface area (Å²) in [7, 11) is 0. The van der Waals surface area contributed by atoms with Crippen LogP contribution in [0.1, 0.15) is 143 Å². The van der Waals surface area contributed by atoms with Gasteiger partial charge in [0.25, 0.3) is 0 Å². The standard InChI is InChI=1S/C27H56N2O/c1-5-9-10-11-12-13-14-15-16-17-18-19-20-21-22-25(27(28)30)26(8-4)29(23-6-2)24-7-3/h25-26H,5-24H2,1-4H3,(H2,28,30). The third kappa shape index (κ3) is 15.3. The molecule has 0 aliphatic heterocycles. The summed E-state index contributed by atoms with van der Waals surface area (Å²) in [4.78, 5) is 14.7. The highest BCUT2D eigenvalue weighted by atomic mass is 16.1. The number of primary amides is 1. The number of rotatable bonds is 23. The Morgan fingerprint density at radius 2 is 1.03 bits per heavy atom. The molecule has 0 fully saturated rings. The third-order valence-electron chi connectivity index (χ3n) is 6.61. The van der Waals surface area contributed by atoms with Crippen LogP contribution >= 0.6 is 0 Å². The van der Waals surface area contributed by atoms with Gasteiger partial charge in [-0.2, -0.15) is 0 Å². The van der Waals surface area contributed by atoms with Crippen LogP contribution in [-0.2, 0) is 4.79 Å². The largest absolute Gasteiger partial charge is 0.369 e. The molecular formula is C27H56N2O. The highest BCUT2D eigenvalue weighted by molar-refractivity contribution is 5.77. The molecule has 0 bridgehead atoms. The van der Waals surface area contributed by atoms with Crippen molar-refractivity contribution < 1.29 is 4.79 Å². The maximum absolute atomic E-state index is 12.2. The monoisotopic (exact) mass is 424 g/mol. The summed E-state index contributed by atoms with van der Waals surface area (Å²) in [6, 6.07) is 0.323. The Labute approximate surface area is 189 Å². The van der Waals surface area contributed by atoms with Crippen LogP contribution in [0.15, 0.2) is 0 Å². The minimum absolute atomic E-state index is 0.0189. The lowest BCUT2D eigenvalue weighted by molar-refractivity contribution is -0.124. The van der Waals surface area contributed by atoms with Crippen LogP contribution in [0.3, 0.4) is 0 Å². The Bertz CT molecular complexity index is 366. The van der Waals surface area contributed by atoms with Crippen molar-refractivity contribution in [3.05, 3.63) is 0 Å². The molecule has 0 aliphatic rings. The fraction of sp³-hybridized carbons (Fsp3) is 0.963. The van der Waals surface area contributed by atoms with Crippen LogP contribution in [0, 0.1) is 5.92 Å². The minimum Gasteiger partial charge on any atom is -0.369 e. The van der Waals surface area contributed by atoms with E-state index in [9.17, 15) is 4.79 Å². The molecule has 2 atom stereocenters. The summed E-state index contributed by atoms with van der Waals surface area (Å²) in [5.74, 6) is -0.0702. The van der Waals surface area contributed by atoms with E-state index in [0.29, 0.717) is 6.04 Å². The molecule has 2 N–H and O–H groups in total. The summed E-state index contributed by atoms with van der Waals surface area (Å²) in [6.07, 6.45) is 23.5. The maximum Gasteiger partial charge on any atom is 0.222 e. The zero-order chi connectivity index (χ0) is 22.5. The van der Waals surface area contributed by atoms with Crippen molar-refractivity contribution in [1.82, 2.24) is 4.90 Å². The van der Waals surface area contributed by atoms with Crippen LogP contribution in [0.5, 0.6) is 0 Å². The fourth-order valence-corrected chi connectivity index (χ4v) is 4.90. The molecule has 180 valence electrons.